The van der Waals surface area contributed by atoms with Gasteiger partial charge in [-0.2, -0.15) is 0 Å². The van der Waals surface area contributed by atoms with Crippen molar-refractivity contribution >= 4 is 29.5 Å². The molecule has 35 heavy (non-hydrogen) atoms. The topological polar surface area (TPSA) is 87.2 Å². The number of carbonyl (C=O) groups excluding carboxylic acids is 3. The fraction of sp³-hybridized carbons (Fsp3) is 0.519. The molecule has 1 aromatic rings. The minimum Gasteiger partial charge on any atom is -0.461 e. The number of benzene rings is 1. The Morgan fingerprint density at radius 1 is 1.03 bits per heavy atom. The lowest BCUT2D eigenvalue weighted by atomic mass is 9.78. The Hall–Kier alpha value is -2.58. The molecule has 4 heterocycles. The first-order valence-electron chi connectivity index (χ1n) is 12.5. The minimum atomic E-state index is -0.791. The maximum absolute atomic E-state index is 14.1. The van der Waals surface area contributed by atoms with Crippen LogP contribution in [0, 0.1) is 11.8 Å². The van der Waals surface area contributed by atoms with Gasteiger partial charge in [0.1, 0.15) is 12.6 Å². The molecule has 0 saturated carbocycles. The van der Waals surface area contributed by atoms with Crippen LogP contribution in [0.5, 0.6) is 0 Å². The summed E-state index contributed by atoms with van der Waals surface area (Å²) >= 11 is 1.58. The zero-order valence-corrected chi connectivity index (χ0v) is 20.6. The van der Waals surface area contributed by atoms with Gasteiger partial charge in [0, 0.05) is 31.5 Å². The van der Waals surface area contributed by atoms with Crippen LogP contribution in [0.2, 0.25) is 0 Å². The van der Waals surface area contributed by atoms with E-state index in [1.807, 2.05) is 59.5 Å². The molecule has 2 amide bonds. The second-order valence-electron chi connectivity index (χ2n) is 9.68. The molecule has 186 valence electrons. The Bertz CT molecular complexity index is 1030. The average Bonchev–Trinajstić information content (AvgIpc) is 3.16. The van der Waals surface area contributed by atoms with Gasteiger partial charge in [0.05, 0.1) is 16.6 Å². The minimum absolute atomic E-state index is 0.0635. The van der Waals surface area contributed by atoms with Gasteiger partial charge in [0.25, 0.3) is 0 Å². The molecule has 0 aliphatic carbocycles. The summed E-state index contributed by atoms with van der Waals surface area (Å²) in [4.78, 5) is 44.6. The molecule has 8 heteroatoms. The highest BCUT2D eigenvalue weighted by molar-refractivity contribution is 8.02. The summed E-state index contributed by atoms with van der Waals surface area (Å²) in [5, 5.41) is 8.89. The maximum Gasteiger partial charge on any atom is 0.311 e. The molecular formula is C27H32N2O5S. The molecule has 1 aromatic carbocycles. The predicted octanol–water partition coefficient (Wildman–Crippen LogP) is 2.55. The molecule has 1 spiro atoms. The summed E-state index contributed by atoms with van der Waals surface area (Å²) in [6, 6.07) is 9.22. The number of hydrogen-bond acceptors (Lipinski definition) is 6. The standard InChI is InChI=1S/C27H32N2O5S/c30-16-7-2-1-6-15-29-23-25(32)28(18-19-10-4-3-5-11-19)14-9-13-27(23)22(24(29)31)21-20(35-27)12-8-17-34-26(21)33/h3-5,8-13,20-23,30H,1-2,6-7,14-18H2/t20-,21+,22-,23?,27-/m0/s1. The summed E-state index contributed by atoms with van der Waals surface area (Å²) in [6.07, 6.45) is 11.1. The van der Waals surface area contributed by atoms with Crippen LogP contribution in [0.3, 0.4) is 0 Å². The van der Waals surface area contributed by atoms with E-state index in [4.69, 9.17) is 9.84 Å². The normalized spacial score (nSPS) is 31.6. The number of thioether (sulfide) groups is 1. The van der Waals surface area contributed by atoms with Crippen LogP contribution in [-0.2, 0) is 25.7 Å². The number of aliphatic hydroxyl groups is 1. The predicted molar refractivity (Wildman–Crippen MR) is 133 cm³/mol. The lowest BCUT2D eigenvalue weighted by Gasteiger charge is -2.35. The highest BCUT2D eigenvalue weighted by atomic mass is 32.2. The van der Waals surface area contributed by atoms with Crippen molar-refractivity contribution in [3.63, 3.8) is 0 Å². The number of aliphatic hydroxyl groups excluding tert-OH is 1. The molecule has 5 rings (SSSR count). The molecule has 2 saturated heterocycles. The Labute approximate surface area is 210 Å². The van der Waals surface area contributed by atoms with Gasteiger partial charge in [-0.1, -0.05) is 67.5 Å². The van der Waals surface area contributed by atoms with Crippen molar-refractivity contribution in [3.8, 4) is 0 Å². The number of hydrogen-bond donors (Lipinski definition) is 1. The third-order valence-corrected chi connectivity index (χ3v) is 9.26. The number of unbranched alkanes of at least 4 members (excludes halogenated alkanes) is 3. The lowest BCUT2D eigenvalue weighted by molar-refractivity contribution is -0.151. The summed E-state index contributed by atoms with van der Waals surface area (Å²) < 4.78 is 4.62. The van der Waals surface area contributed by atoms with Gasteiger partial charge >= 0.3 is 5.97 Å². The SMILES string of the molecule is O=C1OCC=C[C@@H]2S[C@]34C=CCN(Cc5ccccc5)C(=O)C3N(CCCCCCO)C(=O)[C@@H]4[C@H]12. The Kier molecular flexibility index (Phi) is 7.02. The van der Waals surface area contributed by atoms with Crippen molar-refractivity contribution in [1.29, 1.82) is 0 Å². The Balaban J connectivity index is 1.48. The summed E-state index contributed by atoms with van der Waals surface area (Å²) in [6.45, 7) is 1.78. The summed E-state index contributed by atoms with van der Waals surface area (Å²) in [5.74, 6) is -1.74. The fourth-order valence-corrected chi connectivity index (χ4v) is 7.95. The monoisotopic (exact) mass is 496 g/mol. The smallest absolute Gasteiger partial charge is 0.311 e. The highest BCUT2D eigenvalue weighted by Gasteiger charge is 2.70. The van der Waals surface area contributed by atoms with E-state index in [1.54, 1.807) is 16.7 Å². The van der Waals surface area contributed by atoms with E-state index in [0.29, 0.717) is 19.6 Å². The number of amides is 2. The van der Waals surface area contributed by atoms with E-state index in [9.17, 15) is 14.4 Å². The molecule has 2 fully saturated rings. The number of rotatable bonds is 8. The molecule has 0 aromatic heterocycles. The van der Waals surface area contributed by atoms with Gasteiger partial charge in [0.2, 0.25) is 11.8 Å². The number of carbonyl (C=O) groups is 3. The van der Waals surface area contributed by atoms with Crippen LogP contribution in [-0.4, -0.2) is 75.0 Å². The second kappa shape index (κ2) is 10.2. The van der Waals surface area contributed by atoms with Crippen LogP contribution < -0.4 is 0 Å². The first-order chi connectivity index (χ1) is 17.1. The molecule has 5 atom stereocenters. The molecule has 0 radical (unpaired) electrons. The van der Waals surface area contributed by atoms with E-state index < -0.39 is 22.6 Å². The molecule has 4 aliphatic heterocycles. The van der Waals surface area contributed by atoms with Crippen LogP contribution in [0.4, 0.5) is 0 Å². The Morgan fingerprint density at radius 2 is 1.83 bits per heavy atom. The molecule has 0 bridgehead atoms. The van der Waals surface area contributed by atoms with Crippen molar-refractivity contribution in [2.75, 3.05) is 26.3 Å². The quantitative estimate of drug-likeness (QED) is 0.338. The van der Waals surface area contributed by atoms with Gasteiger partial charge in [-0.25, -0.2) is 0 Å². The number of esters is 1. The highest BCUT2D eigenvalue weighted by Crippen LogP contribution is 2.60. The number of nitrogens with zero attached hydrogens (tertiary/aromatic N) is 2. The number of fused-ring (bicyclic) bond motifs is 2. The second-order valence-corrected chi connectivity index (χ2v) is 11.2. The first kappa shape index (κ1) is 24.1. The zero-order valence-electron chi connectivity index (χ0n) is 19.8. The van der Waals surface area contributed by atoms with Crippen molar-refractivity contribution < 1.29 is 24.2 Å². The van der Waals surface area contributed by atoms with Gasteiger partial charge in [0.15, 0.2) is 0 Å². The van der Waals surface area contributed by atoms with Crippen molar-refractivity contribution in [2.45, 2.75) is 48.3 Å². The number of ether oxygens (including phenoxy) is 1. The third-order valence-electron chi connectivity index (χ3n) is 7.52. The molecule has 7 nitrogen and oxygen atoms in total. The maximum atomic E-state index is 14.1. The molecular weight excluding hydrogens is 464 g/mol. The van der Waals surface area contributed by atoms with Gasteiger partial charge < -0.3 is 19.6 Å². The Morgan fingerprint density at radius 3 is 2.63 bits per heavy atom. The average molecular weight is 497 g/mol. The van der Waals surface area contributed by atoms with E-state index in [1.165, 1.54) is 0 Å². The van der Waals surface area contributed by atoms with Gasteiger partial charge in [-0.15, -0.1) is 11.8 Å². The summed E-state index contributed by atoms with van der Waals surface area (Å²) in [7, 11) is 0. The van der Waals surface area contributed by atoms with Crippen LogP contribution >= 0.6 is 11.8 Å². The largest absolute Gasteiger partial charge is 0.461 e. The third kappa shape index (κ3) is 4.31. The van der Waals surface area contributed by atoms with Crippen LogP contribution in [0.25, 0.3) is 0 Å². The van der Waals surface area contributed by atoms with Gasteiger partial charge in [-0.05, 0) is 18.4 Å². The van der Waals surface area contributed by atoms with Crippen LogP contribution in [0.15, 0.2) is 54.6 Å². The van der Waals surface area contributed by atoms with Crippen molar-refractivity contribution in [3.05, 3.63) is 60.2 Å². The van der Waals surface area contributed by atoms with Crippen molar-refractivity contribution in [2.24, 2.45) is 11.8 Å². The van der Waals surface area contributed by atoms with E-state index in [0.717, 1.165) is 31.2 Å². The lowest BCUT2D eigenvalue weighted by Crippen LogP contribution is -2.53. The van der Waals surface area contributed by atoms with Gasteiger partial charge in [-0.3, -0.25) is 14.4 Å². The van der Waals surface area contributed by atoms with Crippen LogP contribution in [0.1, 0.15) is 31.2 Å². The van der Waals surface area contributed by atoms with E-state index in [-0.39, 0.29) is 36.2 Å². The molecule has 1 unspecified atom stereocenters. The van der Waals surface area contributed by atoms with Crippen molar-refractivity contribution in [1.82, 2.24) is 9.80 Å². The zero-order chi connectivity index (χ0) is 24.4. The molecule has 4 aliphatic rings. The fourth-order valence-electron chi connectivity index (χ4n) is 5.95. The molecule has 1 N–H and O–H groups in total. The van der Waals surface area contributed by atoms with E-state index >= 15 is 0 Å². The number of likely N-dealkylation sites (tertiary alicyclic amines) is 1. The summed E-state index contributed by atoms with van der Waals surface area (Å²) in [5.41, 5.74) is 1.04. The number of cyclic esters (lactones) is 1. The first-order valence-corrected chi connectivity index (χ1v) is 13.4. The van der Waals surface area contributed by atoms with E-state index in [2.05, 4.69) is 0 Å².